The van der Waals surface area contributed by atoms with Gasteiger partial charge in [-0.1, -0.05) is 17.7 Å². The van der Waals surface area contributed by atoms with Crippen LogP contribution in [0, 0.1) is 6.92 Å². The van der Waals surface area contributed by atoms with E-state index >= 15 is 0 Å². The summed E-state index contributed by atoms with van der Waals surface area (Å²) in [7, 11) is 0. The van der Waals surface area contributed by atoms with Gasteiger partial charge in [-0.15, -0.1) is 11.6 Å². The SMILES string of the molecule is Cc1cc(Cl)ccc1C1C(=O)NC(=O)C1Cl. The molecule has 1 aliphatic rings. The molecule has 1 aromatic rings. The van der Waals surface area contributed by atoms with Crippen molar-refractivity contribution < 1.29 is 9.59 Å². The maximum absolute atomic E-state index is 11.6. The maximum Gasteiger partial charge on any atom is 0.245 e. The summed E-state index contributed by atoms with van der Waals surface area (Å²) in [6.45, 7) is 1.83. The highest BCUT2D eigenvalue weighted by Crippen LogP contribution is 2.31. The van der Waals surface area contributed by atoms with Crippen LogP contribution in [0.3, 0.4) is 0 Å². The summed E-state index contributed by atoms with van der Waals surface area (Å²) in [6, 6.07) is 5.16. The van der Waals surface area contributed by atoms with Crippen LogP contribution >= 0.6 is 23.2 Å². The summed E-state index contributed by atoms with van der Waals surface area (Å²) in [5.41, 5.74) is 1.60. The van der Waals surface area contributed by atoms with Crippen LogP contribution in [-0.2, 0) is 9.59 Å². The fraction of sp³-hybridized carbons (Fsp3) is 0.273. The Morgan fingerprint density at radius 3 is 2.44 bits per heavy atom. The monoisotopic (exact) mass is 257 g/mol. The molecule has 2 atom stereocenters. The zero-order chi connectivity index (χ0) is 11.9. The van der Waals surface area contributed by atoms with Crippen LogP contribution in [-0.4, -0.2) is 17.2 Å². The lowest BCUT2D eigenvalue weighted by Crippen LogP contribution is -2.22. The molecule has 16 heavy (non-hydrogen) atoms. The molecule has 2 rings (SSSR count). The lowest BCUT2D eigenvalue weighted by Gasteiger charge is -2.13. The lowest BCUT2D eigenvalue weighted by molar-refractivity contribution is -0.125. The van der Waals surface area contributed by atoms with Crippen molar-refractivity contribution in [1.29, 1.82) is 0 Å². The van der Waals surface area contributed by atoms with Gasteiger partial charge in [0.25, 0.3) is 0 Å². The first-order chi connectivity index (χ1) is 7.50. The molecule has 0 radical (unpaired) electrons. The number of halogens is 2. The number of aryl methyl sites for hydroxylation is 1. The molecule has 3 nitrogen and oxygen atoms in total. The summed E-state index contributed by atoms with van der Waals surface area (Å²) < 4.78 is 0. The van der Waals surface area contributed by atoms with E-state index in [2.05, 4.69) is 5.32 Å². The van der Waals surface area contributed by atoms with Gasteiger partial charge in [-0.3, -0.25) is 14.9 Å². The van der Waals surface area contributed by atoms with E-state index in [0.717, 1.165) is 11.1 Å². The van der Waals surface area contributed by atoms with E-state index < -0.39 is 17.2 Å². The highest BCUT2D eigenvalue weighted by atomic mass is 35.5. The van der Waals surface area contributed by atoms with Crippen LogP contribution in [0.25, 0.3) is 0 Å². The number of alkyl halides is 1. The topological polar surface area (TPSA) is 46.2 Å². The Balaban J connectivity index is 2.44. The van der Waals surface area contributed by atoms with Crippen molar-refractivity contribution in [3.8, 4) is 0 Å². The molecular formula is C11H9Cl2NO2. The molecule has 1 aliphatic heterocycles. The van der Waals surface area contributed by atoms with E-state index in [1.54, 1.807) is 18.2 Å². The number of hydrogen-bond donors (Lipinski definition) is 1. The van der Waals surface area contributed by atoms with Crippen molar-refractivity contribution in [2.24, 2.45) is 0 Å². The largest absolute Gasteiger partial charge is 0.295 e. The first-order valence-corrected chi connectivity index (χ1v) is 5.57. The zero-order valence-electron chi connectivity index (χ0n) is 8.46. The number of amides is 2. The number of imide groups is 1. The third-order valence-corrected chi connectivity index (χ3v) is 3.32. The summed E-state index contributed by atoms with van der Waals surface area (Å²) >= 11 is 11.7. The molecule has 1 N–H and O–H groups in total. The van der Waals surface area contributed by atoms with Gasteiger partial charge >= 0.3 is 0 Å². The van der Waals surface area contributed by atoms with Gasteiger partial charge in [0.2, 0.25) is 11.8 Å². The van der Waals surface area contributed by atoms with Gasteiger partial charge in [0.15, 0.2) is 0 Å². The highest BCUT2D eigenvalue weighted by Gasteiger charge is 2.41. The summed E-state index contributed by atoms with van der Waals surface area (Å²) in [6.07, 6.45) is 0. The second-order valence-corrected chi connectivity index (χ2v) is 4.64. The number of benzene rings is 1. The molecule has 1 heterocycles. The highest BCUT2D eigenvalue weighted by molar-refractivity contribution is 6.37. The average molecular weight is 258 g/mol. The molecule has 0 bridgehead atoms. The van der Waals surface area contributed by atoms with Crippen LogP contribution < -0.4 is 5.32 Å². The Hall–Kier alpha value is -1.06. The maximum atomic E-state index is 11.6. The molecule has 1 saturated heterocycles. The van der Waals surface area contributed by atoms with Crippen LogP contribution in [0.2, 0.25) is 5.02 Å². The molecule has 1 fully saturated rings. The molecule has 2 amide bonds. The van der Waals surface area contributed by atoms with Crippen molar-refractivity contribution in [3.05, 3.63) is 34.3 Å². The van der Waals surface area contributed by atoms with Gasteiger partial charge in [-0.2, -0.15) is 0 Å². The van der Waals surface area contributed by atoms with E-state index in [9.17, 15) is 9.59 Å². The van der Waals surface area contributed by atoms with Crippen molar-refractivity contribution in [2.75, 3.05) is 0 Å². The van der Waals surface area contributed by atoms with E-state index in [4.69, 9.17) is 23.2 Å². The second-order valence-electron chi connectivity index (χ2n) is 3.73. The fourth-order valence-electron chi connectivity index (χ4n) is 1.84. The minimum atomic E-state index is -0.840. The van der Waals surface area contributed by atoms with Crippen molar-refractivity contribution in [2.45, 2.75) is 18.2 Å². The molecule has 0 saturated carbocycles. The number of rotatable bonds is 1. The molecular weight excluding hydrogens is 249 g/mol. The van der Waals surface area contributed by atoms with Crippen molar-refractivity contribution in [3.63, 3.8) is 0 Å². The number of carbonyl (C=O) groups is 2. The van der Waals surface area contributed by atoms with Crippen LogP contribution in [0.15, 0.2) is 18.2 Å². The summed E-state index contributed by atoms with van der Waals surface area (Å²) in [5.74, 6) is -1.41. The van der Waals surface area contributed by atoms with Crippen molar-refractivity contribution in [1.82, 2.24) is 5.32 Å². The van der Waals surface area contributed by atoms with Gasteiger partial charge in [0, 0.05) is 5.02 Å². The average Bonchev–Trinajstić information content (AvgIpc) is 2.43. The van der Waals surface area contributed by atoms with Crippen LogP contribution in [0.1, 0.15) is 17.0 Å². The third-order valence-electron chi connectivity index (χ3n) is 2.64. The Kier molecular flexibility index (Phi) is 2.91. The van der Waals surface area contributed by atoms with Gasteiger partial charge < -0.3 is 0 Å². The first-order valence-electron chi connectivity index (χ1n) is 4.75. The predicted octanol–water partition coefficient (Wildman–Crippen LogP) is 2.00. The molecule has 0 aromatic heterocycles. The first kappa shape index (κ1) is 11.4. The van der Waals surface area contributed by atoms with Gasteiger partial charge in [0.1, 0.15) is 5.38 Å². The molecule has 84 valence electrons. The van der Waals surface area contributed by atoms with E-state index in [-0.39, 0.29) is 5.91 Å². The number of nitrogens with one attached hydrogen (secondary N) is 1. The standard InChI is InChI=1S/C11H9Cl2NO2/c1-5-4-6(12)2-3-7(5)8-9(13)11(16)14-10(8)15/h2-4,8-9H,1H3,(H,14,15,16). The molecule has 2 unspecified atom stereocenters. The Bertz CT molecular complexity index is 473. The van der Waals surface area contributed by atoms with Gasteiger partial charge in [-0.05, 0) is 30.2 Å². The molecule has 0 aliphatic carbocycles. The van der Waals surface area contributed by atoms with Crippen LogP contribution in [0.5, 0.6) is 0 Å². The summed E-state index contributed by atoms with van der Waals surface area (Å²) in [5, 5.41) is 1.97. The quantitative estimate of drug-likeness (QED) is 0.618. The van der Waals surface area contributed by atoms with Crippen molar-refractivity contribution >= 4 is 35.0 Å². The Labute approximate surface area is 103 Å². The minimum absolute atomic E-state index is 0.351. The fourth-order valence-corrected chi connectivity index (χ4v) is 2.37. The normalized spacial score (nSPS) is 24.7. The number of carbonyl (C=O) groups excluding carboxylic acids is 2. The van der Waals surface area contributed by atoms with Crippen LogP contribution in [0.4, 0.5) is 0 Å². The smallest absolute Gasteiger partial charge is 0.245 e. The Morgan fingerprint density at radius 1 is 1.25 bits per heavy atom. The molecule has 1 aromatic carbocycles. The number of hydrogen-bond acceptors (Lipinski definition) is 2. The van der Waals surface area contributed by atoms with Gasteiger partial charge in [0.05, 0.1) is 5.92 Å². The van der Waals surface area contributed by atoms with E-state index in [0.29, 0.717) is 5.02 Å². The summed E-state index contributed by atoms with van der Waals surface area (Å²) in [4.78, 5) is 22.8. The van der Waals surface area contributed by atoms with E-state index in [1.807, 2.05) is 6.92 Å². The third kappa shape index (κ3) is 1.81. The zero-order valence-corrected chi connectivity index (χ0v) is 9.97. The molecule has 5 heteroatoms. The lowest BCUT2D eigenvalue weighted by atomic mass is 9.93. The minimum Gasteiger partial charge on any atom is -0.295 e. The van der Waals surface area contributed by atoms with E-state index in [1.165, 1.54) is 0 Å². The Morgan fingerprint density at radius 2 is 1.94 bits per heavy atom. The predicted molar refractivity (Wildman–Crippen MR) is 61.7 cm³/mol. The second kappa shape index (κ2) is 4.07. The van der Waals surface area contributed by atoms with Gasteiger partial charge in [-0.25, -0.2) is 0 Å². The molecule has 0 spiro atoms.